The lowest BCUT2D eigenvalue weighted by molar-refractivity contribution is 0.109. The van der Waals surface area contributed by atoms with Crippen LogP contribution in [0.25, 0.3) is 5.69 Å². The highest BCUT2D eigenvalue weighted by Crippen LogP contribution is 2.28. The Morgan fingerprint density at radius 3 is 1.86 bits per heavy atom. The topological polar surface area (TPSA) is 39.1 Å². The van der Waals surface area contributed by atoms with Gasteiger partial charge in [0, 0.05) is 33.1 Å². The molecule has 0 fully saturated rings. The summed E-state index contributed by atoms with van der Waals surface area (Å²) in [6, 6.07) is 6.56. The second-order valence-corrected chi connectivity index (χ2v) is 5.51. The molecule has 0 aliphatic carbocycles. The Bertz CT molecular complexity index is 646. The van der Waals surface area contributed by atoms with Crippen LogP contribution < -0.4 is 0 Å². The summed E-state index contributed by atoms with van der Waals surface area (Å²) in [4.78, 5) is 22.7. The van der Waals surface area contributed by atoms with Crippen LogP contribution in [0.1, 0.15) is 32.1 Å². The molecule has 1 aromatic carbocycles. The zero-order valence-corrected chi connectivity index (χ0v) is 12.3. The summed E-state index contributed by atoms with van der Waals surface area (Å²) in [6.45, 7) is 3.48. The summed E-state index contributed by atoms with van der Waals surface area (Å²) in [5.74, 6) is -2.46. The van der Waals surface area contributed by atoms with Gasteiger partial charge in [-0.3, -0.25) is 9.59 Å². The molecule has 0 unspecified atom stereocenters. The van der Waals surface area contributed by atoms with Gasteiger partial charge in [-0.05, 0) is 38.1 Å². The minimum Gasteiger partial charge on any atom is -0.317 e. The van der Waals surface area contributed by atoms with Gasteiger partial charge >= 0.3 is 0 Å². The number of halogens is 2. The molecule has 0 N–H and O–H groups in total. The van der Waals surface area contributed by atoms with E-state index in [2.05, 4.69) is 0 Å². The van der Waals surface area contributed by atoms with Crippen molar-refractivity contribution in [2.45, 2.75) is 24.5 Å². The van der Waals surface area contributed by atoms with Crippen molar-refractivity contribution >= 4 is 24.3 Å². The molecule has 0 radical (unpaired) electrons. The number of hydrogen-bond acceptors (Lipinski definition) is 3. The Hall–Kier alpha value is -1.95. The molecule has 6 heteroatoms. The molecule has 0 saturated heterocycles. The average molecular weight is 309 g/mol. The lowest BCUT2D eigenvalue weighted by Crippen LogP contribution is -1.99. The van der Waals surface area contributed by atoms with Crippen LogP contribution in [-0.2, 0) is 0 Å². The zero-order chi connectivity index (χ0) is 15.6. The molecule has 0 atom stereocenters. The number of rotatable bonds is 5. The number of aromatic nitrogens is 1. The van der Waals surface area contributed by atoms with Crippen LogP contribution in [-0.4, -0.2) is 22.9 Å². The van der Waals surface area contributed by atoms with Gasteiger partial charge in [-0.2, -0.15) is 8.78 Å². The summed E-state index contributed by atoms with van der Waals surface area (Å²) in [5, 5.41) is 0. The Balaban J connectivity index is 2.49. The molecule has 3 nitrogen and oxygen atoms in total. The van der Waals surface area contributed by atoms with Crippen LogP contribution in [0.5, 0.6) is 0 Å². The van der Waals surface area contributed by atoms with Gasteiger partial charge in [0.25, 0.3) is 5.76 Å². The molecule has 0 amide bonds. The van der Waals surface area contributed by atoms with Crippen LogP contribution >= 0.6 is 11.8 Å². The minimum atomic E-state index is -2.46. The van der Waals surface area contributed by atoms with Crippen molar-refractivity contribution in [3.8, 4) is 5.69 Å². The molecule has 0 aliphatic rings. The molecule has 21 heavy (non-hydrogen) atoms. The third-order valence-corrected chi connectivity index (χ3v) is 4.02. The third kappa shape index (κ3) is 2.90. The average Bonchev–Trinajstić information content (AvgIpc) is 2.69. The summed E-state index contributed by atoms with van der Waals surface area (Å²) < 4.78 is 26.4. The van der Waals surface area contributed by atoms with E-state index in [1.54, 1.807) is 42.7 Å². The molecule has 0 aliphatic heterocycles. The smallest absolute Gasteiger partial charge is 0.288 e. The second kappa shape index (κ2) is 6.22. The van der Waals surface area contributed by atoms with Crippen LogP contribution in [0.4, 0.5) is 8.78 Å². The molecular weight excluding hydrogens is 296 g/mol. The second-order valence-electron chi connectivity index (χ2n) is 4.44. The Kier molecular flexibility index (Phi) is 4.57. The lowest BCUT2D eigenvalue weighted by atomic mass is 10.1. The molecule has 0 spiro atoms. The van der Waals surface area contributed by atoms with Gasteiger partial charge in [0.15, 0.2) is 12.6 Å². The van der Waals surface area contributed by atoms with E-state index in [0.717, 1.165) is 5.69 Å². The first kappa shape index (κ1) is 15.4. The maximum atomic E-state index is 12.3. The van der Waals surface area contributed by atoms with E-state index in [9.17, 15) is 18.4 Å². The molecule has 0 bridgehead atoms. The van der Waals surface area contributed by atoms with E-state index in [-0.39, 0.29) is 0 Å². The van der Waals surface area contributed by atoms with Crippen LogP contribution in [0.15, 0.2) is 29.2 Å². The number of carbonyl (C=O) groups is 2. The van der Waals surface area contributed by atoms with Crippen LogP contribution in [0, 0.1) is 13.8 Å². The van der Waals surface area contributed by atoms with Crippen LogP contribution in [0.3, 0.4) is 0 Å². The number of carbonyl (C=O) groups excluding carboxylic acids is 2. The van der Waals surface area contributed by atoms with Gasteiger partial charge in [0.1, 0.15) is 0 Å². The fraction of sp³-hybridized carbons (Fsp3) is 0.200. The summed E-state index contributed by atoms with van der Waals surface area (Å²) in [5.41, 5.74) is 2.74. The molecule has 1 aromatic heterocycles. The molecule has 2 aromatic rings. The number of nitrogens with zero attached hydrogens (tertiary/aromatic N) is 1. The third-order valence-electron chi connectivity index (χ3n) is 3.30. The number of benzene rings is 1. The van der Waals surface area contributed by atoms with Gasteiger partial charge < -0.3 is 4.57 Å². The Morgan fingerprint density at radius 1 is 1.00 bits per heavy atom. The van der Waals surface area contributed by atoms with E-state index in [1.165, 1.54) is 0 Å². The number of alkyl halides is 2. The predicted molar refractivity (Wildman–Crippen MR) is 77.9 cm³/mol. The summed E-state index contributed by atoms with van der Waals surface area (Å²) in [6.07, 6.45) is 1.31. The fourth-order valence-corrected chi connectivity index (χ4v) is 2.84. The van der Waals surface area contributed by atoms with E-state index in [1.807, 2.05) is 0 Å². The van der Waals surface area contributed by atoms with Gasteiger partial charge in [0.2, 0.25) is 0 Å². The van der Waals surface area contributed by atoms with E-state index >= 15 is 0 Å². The zero-order valence-electron chi connectivity index (χ0n) is 11.5. The van der Waals surface area contributed by atoms with Crippen molar-refractivity contribution in [2.24, 2.45) is 0 Å². The summed E-state index contributed by atoms with van der Waals surface area (Å²) >= 11 is 0.473. The lowest BCUT2D eigenvalue weighted by Gasteiger charge is -2.10. The molecule has 1 heterocycles. The SMILES string of the molecule is Cc1c(C=O)c(C=O)c(C)n1-c1ccc(SC(F)F)cc1. The van der Waals surface area contributed by atoms with Gasteiger partial charge in [-0.1, -0.05) is 11.8 Å². The van der Waals surface area contributed by atoms with Crippen molar-refractivity contribution in [3.05, 3.63) is 46.8 Å². The first-order chi connectivity index (χ1) is 9.99. The van der Waals surface area contributed by atoms with Crippen molar-refractivity contribution in [1.29, 1.82) is 0 Å². The predicted octanol–water partition coefficient (Wildman–Crippen LogP) is 4.03. The Morgan fingerprint density at radius 2 is 1.48 bits per heavy atom. The molecular formula is C15H13F2NO2S. The fourth-order valence-electron chi connectivity index (χ4n) is 2.34. The summed E-state index contributed by atoms with van der Waals surface area (Å²) in [7, 11) is 0. The van der Waals surface area contributed by atoms with Gasteiger partial charge in [-0.25, -0.2) is 0 Å². The first-order valence-corrected chi connectivity index (χ1v) is 7.05. The van der Waals surface area contributed by atoms with Crippen LogP contribution in [0.2, 0.25) is 0 Å². The maximum absolute atomic E-state index is 12.3. The van der Waals surface area contributed by atoms with E-state index in [0.29, 0.717) is 51.7 Å². The molecule has 0 saturated carbocycles. The quantitative estimate of drug-likeness (QED) is 0.618. The normalized spacial score (nSPS) is 10.9. The molecule has 2 rings (SSSR count). The Labute approximate surface area is 125 Å². The number of aldehydes is 2. The number of hydrogen-bond donors (Lipinski definition) is 0. The monoisotopic (exact) mass is 309 g/mol. The highest BCUT2D eigenvalue weighted by atomic mass is 32.2. The van der Waals surface area contributed by atoms with E-state index < -0.39 is 5.76 Å². The standard InChI is InChI=1S/C15H13F2NO2S/c1-9-13(7-19)14(8-20)10(2)18(9)11-3-5-12(6-4-11)21-15(16)17/h3-8,15H,1-2H3. The van der Waals surface area contributed by atoms with Crippen molar-refractivity contribution in [1.82, 2.24) is 4.57 Å². The molecule has 110 valence electrons. The van der Waals surface area contributed by atoms with Crippen molar-refractivity contribution < 1.29 is 18.4 Å². The van der Waals surface area contributed by atoms with Gasteiger partial charge in [0.05, 0.1) is 0 Å². The van der Waals surface area contributed by atoms with Gasteiger partial charge in [-0.15, -0.1) is 0 Å². The minimum absolute atomic E-state index is 0.355. The largest absolute Gasteiger partial charge is 0.317 e. The van der Waals surface area contributed by atoms with E-state index in [4.69, 9.17) is 0 Å². The highest BCUT2D eigenvalue weighted by molar-refractivity contribution is 7.99. The number of thioether (sulfide) groups is 1. The maximum Gasteiger partial charge on any atom is 0.288 e. The van der Waals surface area contributed by atoms with Crippen molar-refractivity contribution in [3.63, 3.8) is 0 Å². The highest BCUT2D eigenvalue weighted by Gasteiger charge is 2.17. The van der Waals surface area contributed by atoms with Crippen molar-refractivity contribution in [2.75, 3.05) is 0 Å². The first-order valence-electron chi connectivity index (χ1n) is 6.17.